The van der Waals surface area contributed by atoms with Crippen molar-refractivity contribution in [1.82, 2.24) is 4.90 Å². The molecule has 1 saturated carbocycles. The van der Waals surface area contributed by atoms with E-state index in [1.165, 1.54) is 11.9 Å². The van der Waals surface area contributed by atoms with Crippen LogP contribution in [0, 0.1) is 23.7 Å². The summed E-state index contributed by atoms with van der Waals surface area (Å²) in [4.78, 5) is 26.3. The zero-order valence-corrected chi connectivity index (χ0v) is 14.4. The van der Waals surface area contributed by atoms with Crippen LogP contribution in [0.2, 0.25) is 0 Å². The van der Waals surface area contributed by atoms with Crippen molar-refractivity contribution in [3.05, 3.63) is 29.8 Å². The highest BCUT2D eigenvalue weighted by atomic mass is 16.6. The minimum absolute atomic E-state index is 0.139. The lowest BCUT2D eigenvalue weighted by atomic mass is 9.64. The molecule has 4 rings (SSSR count). The summed E-state index contributed by atoms with van der Waals surface area (Å²) >= 11 is 0. The summed E-state index contributed by atoms with van der Waals surface area (Å²) in [6, 6.07) is 6.78. The van der Waals surface area contributed by atoms with Gasteiger partial charge in [-0.05, 0) is 37.0 Å². The van der Waals surface area contributed by atoms with Crippen molar-refractivity contribution in [2.75, 3.05) is 7.05 Å². The first-order chi connectivity index (χ1) is 11.9. The number of likely N-dealkylation sites (tertiary alicyclic amines) is 1. The monoisotopic (exact) mass is 345 g/mol. The number of benzene rings is 1. The number of fused-ring (bicyclic) bond motifs is 3. The van der Waals surface area contributed by atoms with E-state index in [4.69, 9.17) is 4.74 Å². The third kappa shape index (κ3) is 2.24. The molecule has 0 radical (unpaired) electrons. The molecule has 2 N–H and O–H groups in total. The Kier molecular flexibility index (Phi) is 3.67. The Bertz CT molecular complexity index is 734. The minimum atomic E-state index is -1.41. The molecule has 6 nitrogen and oxygen atoms in total. The lowest BCUT2D eigenvalue weighted by Gasteiger charge is -2.44. The molecular weight excluding hydrogens is 322 g/mol. The van der Waals surface area contributed by atoms with Crippen LogP contribution in [0.15, 0.2) is 24.3 Å². The lowest BCUT2D eigenvalue weighted by molar-refractivity contribution is -0.269. The molecule has 0 spiro atoms. The van der Waals surface area contributed by atoms with Gasteiger partial charge < -0.3 is 14.9 Å². The number of carbonyl (C=O) groups excluding carboxylic acids is 2. The van der Waals surface area contributed by atoms with Crippen molar-refractivity contribution >= 4 is 11.8 Å². The number of hydrogen-bond acceptors (Lipinski definition) is 5. The van der Waals surface area contributed by atoms with Crippen molar-refractivity contribution in [2.24, 2.45) is 23.7 Å². The van der Waals surface area contributed by atoms with E-state index in [1.807, 2.05) is 13.0 Å². The topological polar surface area (TPSA) is 87.1 Å². The SMILES string of the molecule is CC[C@H]1C[C@@H]2C(=O)N(C)C(=O)[C@@H]2[C@@H]2C[C@@H](c3cccc(O)c3)O[C@]12O. The first kappa shape index (κ1) is 16.5. The van der Waals surface area contributed by atoms with E-state index >= 15 is 0 Å². The summed E-state index contributed by atoms with van der Waals surface area (Å²) in [6.07, 6.45) is 1.21. The summed E-state index contributed by atoms with van der Waals surface area (Å²) in [7, 11) is 1.52. The maximum absolute atomic E-state index is 12.6. The predicted molar refractivity (Wildman–Crippen MR) is 88.1 cm³/mol. The van der Waals surface area contributed by atoms with E-state index in [0.29, 0.717) is 19.3 Å². The van der Waals surface area contributed by atoms with Crippen molar-refractivity contribution < 1.29 is 24.5 Å². The molecule has 2 heterocycles. The Morgan fingerprint density at radius 1 is 1.28 bits per heavy atom. The number of hydrogen-bond donors (Lipinski definition) is 2. The molecule has 6 atom stereocenters. The van der Waals surface area contributed by atoms with Gasteiger partial charge >= 0.3 is 0 Å². The molecule has 1 aliphatic carbocycles. The van der Waals surface area contributed by atoms with E-state index in [1.54, 1.807) is 18.2 Å². The van der Waals surface area contributed by atoms with Crippen LogP contribution in [-0.4, -0.2) is 39.8 Å². The summed E-state index contributed by atoms with van der Waals surface area (Å²) < 4.78 is 6.09. The van der Waals surface area contributed by atoms with Crippen LogP contribution in [0.25, 0.3) is 0 Å². The highest BCUT2D eigenvalue weighted by molar-refractivity contribution is 6.05. The number of aromatic hydroxyl groups is 1. The van der Waals surface area contributed by atoms with Crippen LogP contribution < -0.4 is 0 Å². The molecule has 0 unspecified atom stereocenters. The Morgan fingerprint density at radius 2 is 2.04 bits per heavy atom. The highest BCUT2D eigenvalue weighted by Crippen LogP contribution is 2.58. The summed E-state index contributed by atoms with van der Waals surface area (Å²) in [6.45, 7) is 1.97. The number of imide groups is 1. The smallest absolute Gasteiger partial charge is 0.233 e. The fourth-order valence-corrected chi connectivity index (χ4v) is 5.04. The number of rotatable bonds is 2. The number of phenolic OH excluding ortho intramolecular Hbond substituents is 1. The van der Waals surface area contributed by atoms with Gasteiger partial charge in [-0.2, -0.15) is 0 Å². The van der Waals surface area contributed by atoms with Gasteiger partial charge in [0.2, 0.25) is 11.8 Å². The Balaban J connectivity index is 1.72. The summed E-state index contributed by atoms with van der Waals surface area (Å²) in [5.74, 6) is -3.11. The van der Waals surface area contributed by atoms with E-state index in [0.717, 1.165) is 5.56 Å². The minimum Gasteiger partial charge on any atom is -0.508 e. The van der Waals surface area contributed by atoms with E-state index in [9.17, 15) is 19.8 Å². The molecule has 25 heavy (non-hydrogen) atoms. The maximum atomic E-state index is 12.6. The normalized spacial score (nSPS) is 40.3. The number of phenols is 1. The van der Waals surface area contributed by atoms with Gasteiger partial charge in [0, 0.05) is 18.9 Å². The van der Waals surface area contributed by atoms with Gasteiger partial charge in [-0.15, -0.1) is 0 Å². The first-order valence-corrected chi connectivity index (χ1v) is 8.87. The number of amides is 2. The Hall–Kier alpha value is -1.92. The van der Waals surface area contributed by atoms with Crippen molar-refractivity contribution in [3.8, 4) is 5.75 Å². The van der Waals surface area contributed by atoms with Crippen molar-refractivity contribution in [3.63, 3.8) is 0 Å². The number of ether oxygens (including phenoxy) is 1. The number of nitrogens with zero attached hydrogens (tertiary/aromatic N) is 1. The average Bonchev–Trinajstić information content (AvgIpc) is 3.05. The van der Waals surface area contributed by atoms with E-state index < -0.39 is 23.7 Å². The van der Waals surface area contributed by atoms with Gasteiger partial charge in [0.15, 0.2) is 5.79 Å². The highest BCUT2D eigenvalue weighted by Gasteiger charge is 2.65. The van der Waals surface area contributed by atoms with Crippen molar-refractivity contribution in [1.29, 1.82) is 0 Å². The summed E-state index contributed by atoms with van der Waals surface area (Å²) in [5, 5.41) is 21.1. The quantitative estimate of drug-likeness (QED) is 0.799. The second kappa shape index (κ2) is 5.54. The van der Waals surface area contributed by atoms with E-state index in [-0.39, 0.29) is 29.4 Å². The molecule has 0 bridgehead atoms. The van der Waals surface area contributed by atoms with Gasteiger partial charge in [-0.3, -0.25) is 14.5 Å². The third-order valence-corrected chi connectivity index (χ3v) is 6.32. The zero-order valence-electron chi connectivity index (χ0n) is 14.4. The second-order valence-electron chi connectivity index (χ2n) is 7.50. The molecule has 2 aliphatic heterocycles. The van der Waals surface area contributed by atoms with Crippen LogP contribution in [0.4, 0.5) is 0 Å². The van der Waals surface area contributed by atoms with Gasteiger partial charge in [0.1, 0.15) is 5.75 Å². The first-order valence-electron chi connectivity index (χ1n) is 8.87. The number of carbonyl (C=O) groups is 2. The maximum Gasteiger partial charge on any atom is 0.233 e. The predicted octanol–water partition coefficient (Wildman–Crippen LogP) is 1.82. The molecular formula is C19H23NO5. The van der Waals surface area contributed by atoms with Crippen molar-refractivity contribution in [2.45, 2.75) is 38.1 Å². The molecule has 6 heteroatoms. The molecule has 3 aliphatic rings. The van der Waals surface area contributed by atoms with Gasteiger partial charge in [0.05, 0.1) is 17.9 Å². The lowest BCUT2D eigenvalue weighted by Crippen LogP contribution is -2.53. The average molecular weight is 345 g/mol. The zero-order chi connectivity index (χ0) is 17.9. The summed E-state index contributed by atoms with van der Waals surface area (Å²) in [5.41, 5.74) is 0.777. The Labute approximate surface area is 146 Å². The van der Waals surface area contributed by atoms with Crippen LogP contribution in [0.1, 0.15) is 37.9 Å². The molecule has 2 amide bonds. The molecule has 0 aromatic heterocycles. The third-order valence-electron chi connectivity index (χ3n) is 6.32. The van der Waals surface area contributed by atoms with Gasteiger partial charge in [0.25, 0.3) is 0 Å². The molecule has 134 valence electrons. The molecule has 2 saturated heterocycles. The largest absolute Gasteiger partial charge is 0.508 e. The molecule has 1 aromatic carbocycles. The molecule has 1 aromatic rings. The van der Waals surface area contributed by atoms with Gasteiger partial charge in [-0.1, -0.05) is 19.1 Å². The van der Waals surface area contributed by atoms with Crippen LogP contribution in [-0.2, 0) is 14.3 Å². The fraction of sp³-hybridized carbons (Fsp3) is 0.579. The fourth-order valence-electron chi connectivity index (χ4n) is 5.04. The standard InChI is InChI=1S/C19H23NO5/c1-3-11-8-13-16(18(23)20(2)17(13)22)14-9-15(25-19(11,14)24)10-5-4-6-12(21)7-10/h4-7,11,13-16,21,24H,3,8-9H2,1-2H3/t11-,13-,14-,15-,16-,19+/m0/s1. The number of aliphatic hydroxyl groups is 1. The van der Waals surface area contributed by atoms with E-state index in [2.05, 4.69) is 0 Å². The van der Waals surface area contributed by atoms with Gasteiger partial charge in [-0.25, -0.2) is 0 Å². The molecule has 3 fully saturated rings. The van der Waals surface area contributed by atoms with Crippen LogP contribution in [0.3, 0.4) is 0 Å². The Morgan fingerprint density at radius 3 is 2.72 bits per heavy atom. The van der Waals surface area contributed by atoms with Crippen LogP contribution in [0.5, 0.6) is 5.75 Å². The second-order valence-corrected chi connectivity index (χ2v) is 7.50. The van der Waals surface area contributed by atoms with Crippen LogP contribution >= 0.6 is 0 Å².